The van der Waals surface area contributed by atoms with E-state index in [4.69, 9.17) is 14.0 Å². The summed E-state index contributed by atoms with van der Waals surface area (Å²) in [7, 11) is 1.58. The molecule has 1 aliphatic heterocycles. The number of methoxy groups -OCH3 is 1. The van der Waals surface area contributed by atoms with E-state index < -0.39 is 0 Å². The van der Waals surface area contributed by atoms with Crippen LogP contribution < -0.4 is 4.74 Å². The summed E-state index contributed by atoms with van der Waals surface area (Å²) >= 11 is 0. The van der Waals surface area contributed by atoms with Crippen molar-refractivity contribution in [2.24, 2.45) is 0 Å². The minimum absolute atomic E-state index is 0.0176. The fourth-order valence-electron chi connectivity index (χ4n) is 3.03. The third-order valence-corrected chi connectivity index (χ3v) is 4.55. The van der Waals surface area contributed by atoms with Gasteiger partial charge in [0.1, 0.15) is 18.5 Å². The molecule has 1 aliphatic rings. The van der Waals surface area contributed by atoms with Crippen LogP contribution >= 0.6 is 0 Å². The molecule has 3 aromatic rings. The molecule has 1 saturated heterocycles. The van der Waals surface area contributed by atoms with Gasteiger partial charge >= 0.3 is 0 Å². The summed E-state index contributed by atoms with van der Waals surface area (Å²) < 4.78 is 16.0. The highest BCUT2D eigenvalue weighted by molar-refractivity contribution is 5.79. The van der Waals surface area contributed by atoms with Gasteiger partial charge < -0.3 is 18.9 Å². The van der Waals surface area contributed by atoms with Gasteiger partial charge in [0.15, 0.2) is 0 Å². The van der Waals surface area contributed by atoms with Crippen molar-refractivity contribution in [1.82, 2.24) is 15.0 Å². The van der Waals surface area contributed by atoms with Gasteiger partial charge in [-0.1, -0.05) is 35.5 Å². The molecule has 7 heteroatoms. The lowest BCUT2D eigenvalue weighted by Gasteiger charge is -2.39. The Balaban J connectivity index is 1.27. The molecule has 1 fully saturated rings. The smallest absolute Gasteiger partial charge is 0.252 e. The molecule has 0 unspecified atom stereocenters. The van der Waals surface area contributed by atoms with Gasteiger partial charge in [0.2, 0.25) is 11.7 Å². The van der Waals surface area contributed by atoms with Crippen molar-refractivity contribution in [3.63, 3.8) is 0 Å². The van der Waals surface area contributed by atoms with E-state index in [1.807, 2.05) is 59.5 Å². The van der Waals surface area contributed by atoms with Crippen LogP contribution in [0.2, 0.25) is 0 Å². The zero-order chi connectivity index (χ0) is 19.3. The van der Waals surface area contributed by atoms with Crippen LogP contribution in [0.3, 0.4) is 0 Å². The van der Waals surface area contributed by atoms with Crippen molar-refractivity contribution in [1.29, 1.82) is 0 Å². The van der Waals surface area contributed by atoms with E-state index in [1.54, 1.807) is 7.11 Å². The first kappa shape index (κ1) is 18.2. The average molecular weight is 379 g/mol. The molecule has 0 N–H and O–H groups in total. The molecular weight excluding hydrogens is 358 g/mol. The first-order valence-electron chi connectivity index (χ1n) is 9.11. The number of benzene rings is 2. The number of rotatable bonds is 7. The zero-order valence-corrected chi connectivity index (χ0v) is 15.6. The monoisotopic (exact) mass is 379 g/mol. The second kappa shape index (κ2) is 8.22. The van der Waals surface area contributed by atoms with Crippen molar-refractivity contribution in [2.75, 3.05) is 20.2 Å². The predicted molar refractivity (Wildman–Crippen MR) is 102 cm³/mol. The van der Waals surface area contributed by atoms with E-state index >= 15 is 0 Å². The average Bonchev–Trinajstić information content (AvgIpc) is 3.14. The second-order valence-electron chi connectivity index (χ2n) is 6.67. The van der Waals surface area contributed by atoms with Crippen LogP contribution in [0.1, 0.15) is 11.5 Å². The maximum atomic E-state index is 12.3. The zero-order valence-electron chi connectivity index (χ0n) is 15.6. The Hall–Kier alpha value is -3.19. The molecule has 0 aliphatic carbocycles. The van der Waals surface area contributed by atoms with E-state index in [0.29, 0.717) is 31.2 Å². The van der Waals surface area contributed by atoms with Crippen LogP contribution in [0, 0.1) is 0 Å². The summed E-state index contributed by atoms with van der Waals surface area (Å²) in [5.74, 6) is 1.84. The molecule has 7 nitrogen and oxygen atoms in total. The lowest BCUT2D eigenvalue weighted by atomic mass is 10.1. The number of nitrogens with zero attached hydrogens (tertiary/aromatic N) is 3. The second-order valence-corrected chi connectivity index (χ2v) is 6.67. The van der Waals surface area contributed by atoms with Crippen LogP contribution in [0.25, 0.3) is 11.4 Å². The van der Waals surface area contributed by atoms with Gasteiger partial charge in [-0.15, -0.1) is 0 Å². The van der Waals surface area contributed by atoms with Crippen molar-refractivity contribution in [3.8, 4) is 17.1 Å². The van der Waals surface area contributed by atoms with E-state index in [0.717, 1.165) is 16.9 Å². The fourth-order valence-corrected chi connectivity index (χ4v) is 3.03. The molecule has 0 saturated carbocycles. The SMILES string of the molecule is COCc1nc(-c2ccc(OC3CN(C(=O)Cc4ccccc4)C3)cc2)no1. The number of aromatic nitrogens is 2. The van der Waals surface area contributed by atoms with E-state index in [1.165, 1.54) is 0 Å². The molecule has 144 valence electrons. The summed E-state index contributed by atoms with van der Waals surface area (Å²) in [5, 5.41) is 3.94. The largest absolute Gasteiger partial charge is 0.487 e. The number of likely N-dealkylation sites (tertiary alicyclic amines) is 1. The molecule has 4 rings (SSSR count). The third-order valence-electron chi connectivity index (χ3n) is 4.55. The van der Waals surface area contributed by atoms with Gasteiger partial charge in [-0.05, 0) is 29.8 Å². The molecule has 1 aromatic heterocycles. The number of carbonyl (C=O) groups excluding carboxylic acids is 1. The molecule has 2 aromatic carbocycles. The molecule has 0 radical (unpaired) electrons. The number of ether oxygens (including phenoxy) is 2. The van der Waals surface area contributed by atoms with Crippen molar-refractivity contribution >= 4 is 5.91 Å². The Morgan fingerprint density at radius 1 is 1.14 bits per heavy atom. The third kappa shape index (κ3) is 4.20. The fraction of sp³-hybridized carbons (Fsp3) is 0.286. The Kier molecular flexibility index (Phi) is 5.34. The number of amides is 1. The van der Waals surface area contributed by atoms with Crippen LogP contribution in [-0.2, 0) is 22.6 Å². The highest BCUT2D eigenvalue weighted by Gasteiger charge is 2.32. The number of hydrogen-bond donors (Lipinski definition) is 0. The quantitative estimate of drug-likeness (QED) is 0.628. The van der Waals surface area contributed by atoms with Gasteiger partial charge in [0, 0.05) is 12.7 Å². The molecule has 2 heterocycles. The topological polar surface area (TPSA) is 77.7 Å². The maximum absolute atomic E-state index is 12.3. The summed E-state index contributed by atoms with van der Waals surface area (Å²) in [6.45, 7) is 1.51. The van der Waals surface area contributed by atoms with Crippen molar-refractivity contribution in [3.05, 3.63) is 66.1 Å². The predicted octanol–water partition coefficient (Wildman–Crippen LogP) is 2.72. The lowest BCUT2D eigenvalue weighted by molar-refractivity contribution is -0.139. The van der Waals surface area contributed by atoms with Crippen LogP contribution in [-0.4, -0.2) is 47.3 Å². The lowest BCUT2D eigenvalue weighted by Crippen LogP contribution is -2.56. The Bertz CT molecular complexity index is 918. The molecule has 0 bridgehead atoms. The summed E-state index contributed by atoms with van der Waals surface area (Å²) in [6, 6.07) is 17.3. The highest BCUT2D eigenvalue weighted by Crippen LogP contribution is 2.23. The summed E-state index contributed by atoms with van der Waals surface area (Å²) in [4.78, 5) is 18.4. The van der Waals surface area contributed by atoms with E-state index in [-0.39, 0.29) is 18.6 Å². The molecule has 0 atom stereocenters. The molecule has 28 heavy (non-hydrogen) atoms. The summed E-state index contributed by atoms with van der Waals surface area (Å²) in [6.07, 6.45) is 0.446. The first-order valence-corrected chi connectivity index (χ1v) is 9.11. The van der Waals surface area contributed by atoms with Gasteiger partial charge in [0.05, 0.1) is 19.5 Å². The Morgan fingerprint density at radius 3 is 2.61 bits per heavy atom. The molecule has 0 spiro atoms. The van der Waals surface area contributed by atoms with E-state index in [2.05, 4.69) is 10.1 Å². The highest BCUT2D eigenvalue weighted by atomic mass is 16.5. The van der Waals surface area contributed by atoms with Crippen LogP contribution in [0.15, 0.2) is 59.1 Å². The minimum atomic E-state index is 0.0176. The first-order chi connectivity index (χ1) is 13.7. The molecular formula is C21H21N3O4. The van der Waals surface area contributed by atoms with E-state index in [9.17, 15) is 4.79 Å². The molecule has 1 amide bonds. The number of hydrogen-bond acceptors (Lipinski definition) is 6. The van der Waals surface area contributed by atoms with Gasteiger partial charge in [0.25, 0.3) is 5.89 Å². The van der Waals surface area contributed by atoms with Gasteiger partial charge in [-0.2, -0.15) is 4.98 Å². The Labute approximate surface area is 162 Å². The van der Waals surface area contributed by atoms with Crippen LogP contribution in [0.4, 0.5) is 0 Å². The van der Waals surface area contributed by atoms with Crippen molar-refractivity contribution in [2.45, 2.75) is 19.1 Å². The Morgan fingerprint density at radius 2 is 1.89 bits per heavy atom. The standard InChI is InChI=1S/C21H21N3O4/c1-26-14-19-22-21(23-28-19)16-7-9-17(10-8-16)27-18-12-24(13-18)20(25)11-15-5-3-2-4-6-15/h2-10,18H,11-14H2,1H3. The van der Waals surface area contributed by atoms with Crippen LogP contribution in [0.5, 0.6) is 5.75 Å². The summed E-state index contributed by atoms with van der Waals surface area (Å²) in [5.41, 5.74) is 1.87. The normalized spacial score (nSPS) is 14.0. The van der Waals surface area contributed by atoms with Crippen molar-refractivity contribution < 1.29 is 18.8 Å². The minimum Gasteiger partial charge on any atom is -0.487 e. The van der Waals surface area contributed by atoms with Gasteiger partial charge in [-0.25, -0.2) is 0 Å². The number of carbonyl (C=O) groups is 1. The maximum Gasteiger partial charge on any atom is 0.252 e. The van der Waals surface area contributed by atoms with Gasteiger partial charge in [-0.3, -0.25) is 4.79 Å².